The lowest BCUT2D eigenvalue weighted by molar-refractivity contribution is -0.320. The molecule has 0 aromatic heterocycles. The number of hydrogen-bond acceptors (Lipinski definition) is 3. The molecule has 5 rings (SSSR count). The van der Waals surface area contributed by atoms with Gasteiger partial charge in [0.15, 0.2) is 0 Å². The number of carbonyl (C=O) groups excluding carboxylic acids is 2. The normalized spacial score (nSPS) is 55.3. The maximum absolute atomic E-state index is 13.7. The van der Waals surface area contributed by atoms with Crippen LogP contribution in [0.2, 0.25) is 0 Å². The molecule has 1 heterocycles. The number of cyclic esters (lactones) is 2. The molecule has 7 heteroatoms. The Labute approximate surface area is 122 Å². The van der Waals surface area contributed by atoms with Crippen molar-refractivity contribution < 1.29 is 31.9 Å². The fraction of sp³-hybridized carbons (Fsp3) is 0.733. The minimum Gasteiger partial charge on any atom is -0.393 e. The number of halogens is 4. The van der Waals surface area contributed by atoms with E-state index in [1.807, 2.05) is 0 Å². The Balaban J connectivity index is 1.48. The molecule has 4 aliphatic carbocycles. The van der Waals surface area contributed by atoms with Crippen molar-refractivity contribution in [2.45, 2.75) is 24.7 Å². The lowest BCUT2D eigenvalue weighted by atomic mass is 9.70. The van der Waals surface area contributed by atoms with Crippen LogP contribution in [0.1, 0.15) is 12.8 Å². The number of esters is 2. The van der Waals surface area contributed by atoms with Gasteiger partial charge < -0.3 is 4.74 Å². The fourth-order valence-corrected chi connectivity index (χ4v) is 5.68. The van der Waals surface area contributed by atoms with Crippen LogP contribution in [0.25, 0.3) is 0 Å². The molecular weight excluding hydrogens is 304 g/mol. The zero-order valence-electron chi connectivity index (χ0n) is 11.3. The molecular formula is C15H12F4O3. The molecule has 1 spiro atoms. The van der Waals surface area contributed by atoms with E-state index in [1.54, 1.807) is 12.2 Å². The van der Waals surface area contributed by atoms with Crippen LogP contribution in [0.15, 0.2) is 12.2 Å². The Morgan fingerprint density at radius 2 is 1.45 bits per heavy atom. The fourth-order valence-electron chi connectivity index (χ4n) is 5.68. The number of alkyl halides is 4. The summed E-state index contributed by atoms with van der Waals surface area (Å²) >= 11 is 0. The van der Waals surface area contributed by atoms with Gasteiger partial charge in [-0.05, 0) is 29.6 Å². The SMILES string of the molecule is O=C1OC(=O)[C@@H]2[C@@H]1[C@H]1C=C[C@H]2C12C[C@@H]2[C@H]1CC(F)(F)C1(F)F. The van der Waals surface area contributed by atoms with Gasteiger partial charge in [0.2, 0.25) is 0 Å². The smallest absolute Gasteiger partial charge is 0.318 e. The van der Waals surface area contributed by atoms with Gasteiger partial charge >= 0.3 is 23.8 Å². The average molecular weight is 316 g/mol. The van der Waals surface area contributed by atoms with Crippen LogP contribution in [0.4, 0.5) is 17.6 Å². The van der Waals surface area contributed by atoms with Crippen molar-refractivity contribution in [3.63, 3.8) is 0 Å². The predicted molar refractivity (Wildman–Crippen MR) is 62.7 cm³/mol. The van der Waals surface area contributed by atoms with Crippen LogP contribution >= 0.6 is 0 Å². The Kier molecular flexibility index (Phi) is 1.94. The summed E-state index contributed by atoms with van der Waals surface area (Å²) in [5.41, 5.74) is -0.602. The van der Waals surface area contributed by atoms with E-state index in [4.69, 9.17) is 0 Å². The molecule has 5 aliphatic rings. The first-order valence-corrected chi connectivity index (χ1v) is 7.41. The van der Waals surface area contributed by atoms with Crippen molar-refractivity contribution in [1.29, 1.82) is 0 Å². The molecule has 1 aliphatic heterocycles. The molecule has 0 aromatic carbocycles. The van der Waals surface area contributed by atoms with Crippen LogP contribution < -0.4 is 0 Å². The monoisotopic (exact) mass is 316 g/mol. The van der Waals surface area contributed by atoms with E-state index in [0.29, 0.717) is 6.42 Å². The van der Waals surface area contributed by atoms with E-state index in [9.17, 15) is 27.2 Å². The first-order valence-electron chi connectivity index (χ1n) is 7.41. The third-order valence-corrected chi connectivity index (χ3v) is 6.69. The van der Waals surface area contributed by atoms with Gasteiger partial charge in [0.05, 0.1) is 11.8 Å². The van der Waals surface area contributed by atoms with Gasteiger partial charge in [-0.15, -0.1) is 0 Å². The van der Waals surface area contributed by atoms with Crippen LogP contribution in [0.5, 0.6) is 0 Å². The Hall–Kier alpha value is -1.40. The molecule has 1 saturated heterocycles. The standard InChI is InChI=1S/C15H12F4O3/c16-14(17)4-8(15(14,18)19)7-3-13(7)5-1-2-6(13)10-9(5)11(20)22-12(10)21/h1-2,5-10H,3-4H2/t5-,6-,7-,8-,9+,10+/m1/s1. The largest absolute Gasteiger partial charge is 0.393 e. The van der Waals surface area contributed by atoms with Gasteiger partial charge in [0.25, 0.3) is 0 Å². The minimum atomic E-state index is -3.98. The van der Waals surface area contributed by atoms with E-state index in [-0.39, 0.29) is 11.8 Å². The number of carbonyl (C=O) groups is 2. The number of allylic oxidation sites excluding steroid dienone is 2. The zero-order chi connectivity index (χ0) is 15.7. The summed E-state index contributed by atoms with van der Waals surface area (Å²) in [6.45, 7) is 0. The second-order valence-electron chi connectivity index (χ2n) is 7.29. The zero-order valence-corrected chi connectivity index (χ0v) is 11.3. The second kappa shape index (κ2) is 3.26. The molecule has 0 aromatic rings. The van der Waals surface area contributed by atoms with Gasteiger partial charge in [-0.1, -0.05) is 12.2 Å². The summed E-state index contributed by atoms with van der Waals surface area (Å²) in [5.74, 6) is -12.9. The highest BCUT2D eigenvalue weighted by Gasteiger charge is 2.84. The molecule has 6 atom stereocenters. The summed E-state index contributed by atoms with van der Waals surface area (Å²) in [4.78, 5) is 23.6. The Morgan fingerprint density at radius 1 is 0.909 bits per heavy atom. The van der Waals surface area contributed by atoms with Crippen molar-refractivity contribution in [3.8, 4) is 0 Å². The quantitative estimate of drug-likeness (QED) is 0.323. The van der Waals surface area contributed by atoms with Crippen LogP contribution in [-0.4, -0.2) is 23.8 Å². The topological polar surface area (TPSA) is 43.4 Å². The van der Waals surface area contributed by atoms with E-state index >= 15 is 0 Å². The molecule has 22 heavy (non-hydrogen) atoms. The van der Waals surface area contributed by atoms with Crippen molar-refractivity contribution in [2.24, 2.45) is 40.9 Å². The maximum atomic E-state index is 13.7. The van der Waals surface area contributed by atoms with Crippen molar-refractivity contribution in [3.05, 3.63) is 12.2 Å². The molecule has 2 bridgehead atoms. The predicted octanol–water partition coefficient (Wildman–Crippen LogP) is 2.41. The van der Waals surface area contributed by atoms with E-state index in [1.165, 1.54) is 0 Å². The van der Waals surface area contributed by atoms with E-state index < -0.39 is 59.3 Å². The lowest BCUT2D eigenvalue weighted by Crippen LogP contribution is -2.60. The summed E-state index contributed by atoms with van der Waals surface area (Å²) in [6, 6.07) is 0. The molecule has 0 amide bonds. The molecule has 0 N–H and O–H groups in total. The van der Waals surface area contributed by atoms with Crippen LogP contribution in [0, 0.1) is 40.9 Å². The highest BCUT2D eigenvalue weighted by atomic mass is 19.3. The molecule has 3 nitrogen and oxygen atoms in total. The van der Waals surface area contributed by atoms with Crippen molar-refractivity contribution in [2.75, 3.05) is 0 Å². The van der Waals surface area contributed by atoms with Gasteiger partial charge in [-0.25, -0.2) is 0 Å². The third kappa shape index (κ3) is 1.09. The Bertz CT molecular complexity index is 625. The first-order chi connectivity index (χ1) is 10.2. The first kappa shape index (κ1) is 13.1. The summed E-state index contributed by atoms with van der Waals surface area (Å²) in [6.07, 6.45) is 3.17. The van der Waals surface area contributed by atoms with Crippen molar-refractivity contribution >= 4 is 11.9 Å². The molecule has 3 saturated carbocycles. The molecule has 4 fully saturated rings. The van der Waals surface area contributed by atoms with Gasteiger partial charge in [-0.3, -0.25) is 9.59 Å². The molecule has 118 valence electrons. The Morgan fingerprint density at radius 3 is 1.91 bits per heavy atom. The number of fused-ring (bicyclic) bond motifs is 3. The number of rotatable bonds is 1. The second-order valence-corrected chi connectivity index (χ2v) is 7.29. The average Bonchev–Trinajstić information content (AvgIpc) is 2.84. The maximum Gasteiger partial charge on any atom is 0.318 e. The number of ether oxygens (including phenoxy) is 1. The van der Waals surface area contributed by atoms with Gasteiger partial charge in [0, 0.05) is 12.3 Å². The lowest BCUT2D eigenvalue weighted by Gasteiger charge is -2.45. The summed E-state index contributed by atoms with van der Waals surface area (Å²) < 4.78 is 58.2. The van der Waals surface area contributed by atoms with Crippen LogP contribution in [-0.2, 0) is 14.3 Å². The van der Waals surface area contributed by atoms with Gasteiger partial charge in [0.1, 0.15) is 0 Å². The van der Waals surface area contributed by atoms with Gasteiger partial charge in [-0.2, -0.15) is 17.6 Å². The molecule has 0 unspecified atom stereocenters. The van der Waals surface area contributed by atoms with Crippen molar-refractivity contribution in [1.82, 2.24) is 0 Å². The van der Waals surface area contributed by atoms with E-state index in [0.717, 1.165) is 0 Å². The third-order valence-electron chi connectivity index (χ3n) is 6.69. The summed E-state index contributed by atoms with van der Waals surface area (Å²) in [7, 11) is 0. The number of hydrogen-bond donors (Lipinski definition) is 0. The van der Waals surface area contributed by atoms with E-state index in [2.05, 4.69) is 4.74 Å². The highest BCUT2D eigenvalue weighted by molar-refractivity contribution is 5.98. The summed E-state index contributed by atoms with van der Waals surface area (Å²) in [5, 5.41) is 0. The van der Waals surface area contributed by atoms with Crippen LogP contribution in [0.3, 0.4) is 0 Å². The molecule has 0 radical (unpaired) electrons. The minimum absolute atomic E-state index is 0.323. The highest BCUT2D eigenvalue weighted by Crippen LogP contribution is 2.81.